The predicted molar refractivity (Wildman–Crippen MR) is 157 cm³/mol. The molecule has 0 heteroatoms. The molecule has 0 unspecified atom stereocenters. The monoisotopic (exact) mass is 448 g/mol. The molecule has 0 bridgehead atoms. The van der Waals surface area contributed by atoms with Crippen molar-refractivity contribution in [2.75, 3.05) is 0 Å². The number of fused-ring (bicyclic) bond motifs is 22. The quantitative estimate of drug-likeness (QED) is 0.216. The number of rotatable bonds is 0. The van der Waals surface area contributed by atoms with Crippen LogP contribution in [0.25, 0.3) is 108 Å². The summed E-state index contributed by atoms with van der Waals surface area (Å²) in [5.41, 5.74) is 0. The first-order valence-electron chi connectivity index (χ1n) is 12.8. The molecule has 0 aliphatic heterocycles. The van der Waals surface area contributed by atoms with Gasteiger partial charge in [-0.05, 0) is 132 Å². The molecule has 36 heavy (non-hydrogen) atoms. The maximum atomic E-state index is 2.47. The van der Waals surface area contributed by atoms with Crippen LogP contribution >= 0.6 is 0 Å². The minimum absolute atomic E-state index is 1.40. The second-order valence-electron chi connectivity index (χ2n) is 10.8. The van der Waals surface area contributed by atoms with Crippen molar-refractivity contribution < 1.29 is 0 Å². The van der Waals surface area contributed by atoms with Gasteiger partial charge in [-0.1, -0.05) is 72.8 Å². The zero-order chi connectivity index (χ0) is 22.9. The lowest BCUT2D eigenvalue weighted by Gasteiger charge is -2.25. The van der Waals surface area contributed by atoms with E-state index < -0.39 is 0 Å². The Morgan fingerprint density at radius 2 is 0.472 bits per heavy atom. The SMILES string of the molecule is c1ccc2c(c1)c1cc3c(cc21)c1cc2c(cc31)c1ccc3c4c(ccc5c6ccccc6c54)c3c12. The summed E-state index contributed by atoms with van der Waals surface area (Å²) in [7, 11) is 0. The van der Waals surface area contributed by atoms with Gasteiger partial charge in [0.2, 0.25) is 0 Å². The first-order chi connectivity index (χ1) is 17.9. The third kappa shape index (κ3) is 1.55. The van der Waals surface area contributed by atoms with Crippen LogP contribution in [0.15, 0.2) is 97.1 Å². The smallest absolute Gasteiger partial charge is 0.00134 e. The van der Waals surface area contributed by atoms with E-state index in [0.29, 0.717) is 0 Å². The second-order valence-corrected chi connectivity index (χ2v) is 10.8. The molecule has 0 fully saturated rings. The Balaban J connectivity index is 1.23. The van der Waals surface area contributed by atoms with E-state index in [1.807, 2.05) is 0 Å². The highest BCUT2D eigenvalue weighted by Gasteiger charge is 2.24. The lowest BCUT2D eigenvalue weighted by Crippen LogP contribution is -1.96. The minimum Gasteiger partial charge on any atom is -0.0616 e. The van der Waals surface area contributed by atoms with Gasteiger partial charge in [-0.2, -0.15) is 0 Å². The highest BCUT2D eigenvalue weighted by molar-refractivity contribution is 6.50. The van der Waals surface area contributed by atoms with Gasteiger partial charge in [0.25, 0.3) is 0 Å². The van der Waals surface area contributed by atoms with E-state index in [2.05, 4.69) is 97.1 Å². The summed E-state index contributed by atoms with van der Waals surface area (Å²) in [5.74, 6) is 0. The molecule has 0 radical (unpaired) electrons. The average Bonchev–Trinajstić information content (AvgIpc) is 2.89. The standard InChI is InChI=1S/C36H16/c1-2-6-18-17(5-1)25-13-28-29(14-26(18)25)31-16-32-27(15-30(28)31)22-10-12-24-35-23(36(24)34(22)32)11-9-21-19-7-3-4-8-20(19)33(21)35/h1-16H. The summed E-state index contributed by atoms with van der Waals surface area (Å²) in [6.45, 7) is 0. The molecule has 0 aliphatic rings. The predicted octanol–water partition coefficient (Wildman–Crippen LogP) is 10.4. The fourth-order valence-electron chi connectivity index (χ4n) is 7.73. The average molecular weight is 449 g/mol. The van der Waals surface area contributed by atoms with E-state index in [1.54, 1.807) is 0 Å². The first kappa shape index (κ1) is 16.9. The van der Waals surface area contributed by atoms with E-state index in [-0.39, 0.29) is 0 Å². The Hall–Kier alpha value is -4.68. The Bertz CT molecular complexity index is 2610. The minimum atomic E-state index is 1.40. The normalized spacial score (nSPS) is 13.6. The molecule has 0 spiro atoms. The number of hydrogen-bond donors (Lipinski definition) is 0. The largest absolute Gasteiger partial charge is 0.0616 e. The molecule has 0 N–H and O–H groups in total. The molecule has 0 saturated heterocycles. The molecule has 0 aliphatic carbocycles. The summed E-state index contributed by atoms with van der Waals surface area (Å²) in [6, 6.07) is 36.8. The van der Waals surface area contributed by atoms with Crippen molar-refractivity contribution >= 4 is 108 Å². The Labute approximate surface area is 204 Å². The van der Waals surface area contributed by atoms with Crippen molar-refractivity contribution in [2.45, 2.75) is 0 Å². The van der Waals surface area contributed by atoms with E-state index in [9.17, 15) is 0 Å². The van der Waals surface area contributed by atoms with Gasteiger partial charge in [-0.25, -0.2) is 0 Å². The summed E-state index contributed by atoms with van der Waals surface area (Å²) in [6.07, 6.45) is 0. The van der Waals surface area contributed by atoms with Gasteiger partial charge in [-0.3, -0.25) is 0 Å². The fourth-order valence-corrected chi connectivity index (χ4v) is 7.73. The van der Waals surface area contributed by atoms with Crippen LogP contribution in [0.3, 0.4) is 0 Å². The van der Waals surface area contributed by atoms with Crippen LogP contribution in [0, 0.1) is 0 Å². The third-order valence-corrected chi connectivity index (χ3v) is 9.40. The summed E-state index contributed by atoms with van der Waals surface area (Å²) in [4.78, 5) is 0. The van der Waals surface area contributed by atoms with Gasteiger partial charge in [-0.15, -0.1) is 0 Å². The zero-order valence-corrected chi connectivity index (χ0v) is 19.2. The first-order valence-corrected chi connectivity index (χ1v) is 12.8. The molecule has 0 atom stereocenters. The van der Waals surface area contributed by atoms with Gasteiger partial charge in [0.15, 0.2) is 0 Å². The molecular formula is C36H16. The van der Waals surface area contributed by atoms with Crippen LogP contribution in [0.5, 0.6) is 0 Å². The topological polar surface area (TPSA) is 0 Å². The molecular weight excluding hydrogens is 432 g/mol. The van der Waals surface area contributed by atoms with Gasteiger partial charge in [0.05, 0.1) is 0 Å². The van der Waals surface area contributed by atoms with Crippen LogP contribution < -0.4 is 0 Å². The zero-order valence-electron chi connectivity index (χ0n) is 19.2. The maximum Gasteiger partial charge on any atom is -0.00134 e. The van der Waals surface area contributed by atoms with E-state index in [0.717, 1.165) is 0 Å². The summed E-state index contributed by atoms with van der Waals surface area (Å²) in [5, 5.41) is 28.5. The number of benzene rings is 6. The van der Waals surface area contributed by atoms with Gasteiger partial charge < -0.3 is 0 Å². The molecule has 0 aromatic heterocycles. The highest BCUT2D eigenvalue weighted by atomic mass is 14.3. The van der Waals surface area contributed by atoms with Gasteiger partial charge >= 0.3 is 0 Å². The molecule has 11 aromatic carbocycles. The fraction of sp³-hybridized carbons (Fsp3) is 0. The van der Waals surface area contributed by atoms with Crippen molar-refractivity contribution in [1.82, 2.24) is 0 Å². The van der Waals surface area contributed by atoms with Crippen LogP contribution in [0.1, 0.15) is 0 Å². The highest BCUT2D eigenvalue weighted by Crippen LogP contribution is 2.53. The molecule has 11 rings (SSSR count). The Morgan fingerprint density at radius 3 is 1.03 bits per heavy atom. The third-order valence-electron chi connectivity index (χ3n) is 9.40. The summed E-state index contributed by atoms with van der Waals surface area (Å²) < 4.78 is 0. The lowest BCUT2D eigenvalue weighted by atomic mass is 9.78. The second kappa shape index (κ2) is 5.12. The van der Waals surface area contributed by atoms with Crippen molar-refractivity contribution in [3.05, 3.63) is 97.1 Å². The van der Waals surface area contributed by atoms with E-state index in [4.69, 9.17) is 0 Å². The van der Waals surface area contributed by atoms with Crippen LogP contribution in [0.2, 0.25) is 0 Å². The van der Waals surface area contributed by atoms with Gasteiger partial charge in [0.1, 0.15) is 0 Å². The van der Waals surface area contributed by atoms with Gasteiger partial charge in [0, 0.05) is 0 Å². The maximum absolute atomic E-state index is 2.47. The number of hydrogen-bond acceptors (Lipinski definition) is 0. The van der Waals surface area contributed by atoms with E-state index >= 15 is 0 Å². The molecule has 11 aromatic rings. The van der Waals surface area contributed by atoms with Crippen LogP contribution in [-0.4, -0.2) is 0 Å². The van der Waals surface area contributed by atoms with Crippen molar-refractivity contribution in [2.24, 2.45) is 0 Å². The van der Waals surface area contributed by atoms with Crippen LogP contribution in [0.4, 0.5) is 0 Å². The Morgan fingerprint density at radius 1 is 0.194 bits per heavy atom. The molecule has 0 saturated carbocycles. The van der Waals surface area contributed by atoms with Crippen molar-refractivity contribution in [1.29, 1.82) is 0 Å². The molecule has 0 amide bonds. The molecule has 160 valence electrons. The lowest BCUT2D eigenvalue weighted by molar-refractivity contribution is 1.80. The summed E-state index contributed by atoms with van der Waals surface area (Å²) >= 11 is 0. The molecule has 0 heterocycles. The van der Waals surface area contributed by atoms with Crippen LogP contribution in [-0.2, 0) is 0 Å². The van der Waals surface area contributed by atoms with Crippen molar-refractivity contribution in [3.63, 3.8) is 0 Å². The van der Waals surface area contributed by atoms with Crippen molar-refractivity contribution in [3.8, 4) is 0 Å². The van der Waals surface area contributed by atoms with E-state index in [1.165, 1.54) is 108 Å². The molecule has 0 nitrogen and oxygen atoms in total. The Kier molecular flexibility index (Phi) is 2.40.